The summed E-state index contributed by atoms with van der Waals surface area (Å²) in [6.45, 7) is 0.510. The van der Waals surface area contributed by atoms with E-state index in [1.807, 2.05) is 0 Å². The fourth-order valence-corrected chi connectivity index (χ4v) is 3.84. The maximum Gasteiger partial charge on any atom is 0.253 e. The number of rotatable bonds is 5. The summed E-state index contributed by atoms with van der Waals surface area (Å²) < 4.78 is 68.0. The van der Waals surface area contributed by atoms with E-state index in [1.165, 1.54) is 18.3 Å². The molecule has 1 saturated heterocycles. The van der Waals surface area contributed by atoms with Crippen molar-refractivity contribution in [3.05, 3.63) is 88.9 Å². The molecule has 0 bridgehead atoms. The van der Waals surface area contributed by atoms with Crippen LogP contribution >= 0.6 is 0 Å². The normalized spacial score (nSPS) is 14.9. The molecule has 3 aromatic rings. The number of hydrogen-bond acceptors (Lipinski definition) is 3. The Kier molecular flexibility index (Phi) is 6.69. The molecule has 172 valence electrons. The number of aromatic nitrogens is 1. The lowest BCUT2D eigenvalue weighted by Crippen LogP contribution is -2.44. The summed E-state index contributed by atoms with van der Waals surface area (Å²) >= 11 is 0. The topological polar surface area (TPSA) is 45.2 Å². The molecule has 33 heavy (non-hydrogen) atoms. The van der Waals surface area contributed by atoms with Gasteiger partial charge in [0.1, 0.15) is 5.82 Å². The van der Waals surface area contributed by atoms with Crippen LogP contribution in [0.1, 0.15) is 28.8 Å². The Labute approximate surface area is 187 Å². The molecular weight excluding hydrogens is 441 g/mol. The number of amides is 1. The zero-order valence-electron chi connectivity index (χ0n) is 17.4. The Morgan fingerprint density at radius 2 is 1.67 bits per heavy atom. The van der Waals surface area contributed by atoms with Crippen molar-refractivity contribution in [2.75, 3.05) is 13.1 Å². The van der Waals surface area contributed by atoms with Crippen LogP contribution in [-0.4, -0.2) is 34.9 Å². The van der Waals surface area contributed by atoms with Crippen LogP contribution in [0.4, 0.5) is 22.0 Å². The molecule has 1 amide bonds. The SMILES string of the molecule is O=C(NC1CCN(Cc2c(F)c(F)cc(F)c2F)CC1)c1ccc(-c2cccc(F)c2)nc1. The van der Waals surface area contributed by atoms with Gasteiger partial charge in [-0.2, -0.15) is 0 Å². The monoisotopic (exact) mass is 461 g/mol. The fourth-order valence-electron chi connectivity index (χ4n) is 3.84. The van der Waals surface area contributed by atoms with E-state index in [2.05, 4.69) is 10.3 Å². The predicted octanol–water partition coefficient (Wildman–Crippen LogP) is 4.84. The van der Waals surface area contributed by atoms with E-state index in [0.717, 1.165) is 0 Å². The van der Waals surface area contributed by atoms with E-state index in [4.69, 9.17) is 0 Å². The predicted molar refractivity (Wildman–Crippen MR) is 112 cm³/mol. The van der Waals surface area contributed by atoms with Crippen molar-refractivity contribution < 1.29 is 26.7 Å². The molecule has 2 aromatic carbocycles. The van der Waals surface area contributed by atoms with Crippen molar-refractivity contribution in [2.24, 2.45) is 0 Å². The summed E-state index contributed by atoms with van der Waals surface area (Å²) in [4.78, 5) is 18.4. The van der Waals surface area contributed by atoms with Crippen molar-refractivity contribution in [3.8, 4) is 11.3 Å². The van der Waals surface area contributed by atoms with Gasteiger partial charge >= 0.3 is 0 Å². The molecule has 9 heteroatoms. The molecule has 1 aliphatic rings. The van der Waals surface area contributed by atoms with Gasteiger partial charge in [-0.3, -0.25) is 14.7 Å². The molecule has 0 spiro atoms. The number of nitrogens with one attached hydrogen (secondary N) is 1. The number of carbonyl (C=O) groups is 1. The van der Waals surface area contributed by atoms with E-state index >= 15 is 0 Å². The van der Waals surface area contributed by atoms with Gasteiger partial charge < -0.3 is 5.32 Å². The summed E-state index contributed by atoms with van der Waals surface area (Å²) in [7, 11) is 0. The number of pyridine rings is 1. The second-order valence-electron chi connectivity index (χ2n) is 7.91. The highest BCUT2D eigenvalue weighted by atomic mass is 19.2. The summed E-state index contributed by atoms with van der Waals surface area (Å²) in [6, 6.07) is 9.23. The number of benzene rings is 2. The van der Waals surface area contributed by atoms with Gasteiger partial charge in [-0.15, -0.1) is 0 Å². The zero-order chi connectivity index (χ0) is 23.5. The largest absolute Gasteiger partial charge is 0.349 e. The van der Waals surface area contributed by atoms with E-state index < -0.39 is 28.8 Å². The zero-order valence-corrected chi connectivity index (χ0v) is 17.4. The third kappa shape index (κ3) is 5.19. The van der Waals surface area contributed by atoms with Crippen molar-refractivity contribution in [1.29, 1.82) is 0 Å². The van der Waals surface area contributed by atoms with E-state index in [1.54, 1.807) is 29.2 Å². The lowest BCUT2D eigenvalue weighted by Gasteiger charge is -2.32. The molecule has 4 rings (SSSR count). The van der Waals surface area contributed by atoms with E-state index in [0.29, 0.717) is 42.8 Å². The second-order valence-corrected chi connectivity index (χ2v) is 7.91. The minimum absolute atomic E-state index is 0.171. The molecule has 0 radical (unpaired) electrons. The Bertz CT molecular complexity index is 1140. The highest BCUT2D eigenvalue weighted by Crippen LogP contribution is 2.23. The van der Waals surface area contributed by atoms with Gasteiger partial charge in [0, 0.05) is 49.1 Å². The molecule has 1 N–H and O–H groups in total. The Morgan fingerprint density at radius 1 is 0.970 bits per heavy atom. The first-order valence-corrected chi connectivity index (χ1v) is 10.4. The number of nitrogens with zero attached hydrogens (tertiary/aromatic N) is 2. The van der Waals surface area contributed by atoms with Crippen molar-refractivity contribution >= 4 is 5.91 Å². The maximum absolute atomic E-state index is 13.9. The highest BCUT2D eigenvalue weighted by Gasteiger charge is 2.25. The minimum Gasteiger partial charge on any atom is -0.349 e. The van der Waals surface area contributed by atoms with E-state index in [-0.39, 0.29) is 30.4 Å². The van der Waals surface area contributed by atoms with E-state index in [9.17, 15) is 26.7 Å². The minimum atomic E-state index is -1.43. The van der Waals surface area contributed by atoms with Crippen LogP contribution in [0.15, 0.2) is 48.7 Å². The van der Waals surface area contributed by atoms with Crippen LogP contribution in [0.5, 0.6) is 0 Å². The third-order valence-corrected chi connectivity index (χ3v) is 5.65. The molecular formula is C24H20F5N3O. The lowest BCUT2D eigenvalue weighted by molar-refractivity contribution is 0.0907. The van der Waals surface area contributed by atoms with Crippen LogP contribution in [0, 0.1) is 29.1 Å². The highest BCUT2D eigenvalue weighted by molar-refractivity contribution is 5.94. The Hall–Kier alpha value is -3.33. The van der Waals surface area contributed by atoms with Gasteiger partial charge in [-0.05, 0) is 37.1 Å². The Morgan fingerprint density at radius 3 is 2.27 bits per heavy atom. The summed E-state index contributed by atoms with van der Waals surface area (Å²) in [5.74, 6) is -6.34. The molecule has 0 unspecified atom stereocenters. The van der Waals surface area contributed by atoms with Crippen LogP contribution in [-0.2, 0) is 6.54 Å². The summed E-state index contributed by atoms with van der Waals surface area (Å²) in [6.07, 6.45) is 2.41. The van der Waals surface area contributed by atoms with Crippen LogP contribution < -0.4 is 5.32 Å². The molecule has 2 heterocycles. The second kappa shape index (κ2) is 9.66. The molecule has 4 nitrogen and oxygen atoms in total. The number of carbonyl (C=O) groups excluding carboxylic acids is 1. The first kappa shape index (κ1) is 22.8. The van der Waals surface area contributed by atoms with Crippen LogP contribution in [0.2, 0.25) is 0 Å². The molecule has 0 aliphatic carbocycles. The van der Waals surface area contributed by atoms with Crippen LogP contribution in [0.25, 0.3) is 11.3 Å². The van der Waals surface area contributed by atoms with Gasteiger partial charge in [0.2, 0.25) is 0 Å². The molecule has 1 aliphatic heterocycles. The number of halogens is 5. The Balaban J connectivity index is 1.32. The van der Waals surface area contributed by atoms with Gasteiger partial charge in [-0.25, -0.2) is 22.0 Å². The quantitative estimate of drug-likeness (QED) is 0.437. The fraction of sp³-hybridized carbons (Fsp3) is 0.250. The van der Waals surface area contributed by atoms with Gasteiger partial charge in [0.05, 0.1) is 11.3 Å². The molecule has 1 aromatic heterocycles. The first-order chi connectivity index (χ1) is 15.8. The lowest BCUT2D eigenvalue weighted by atomic mass is 10.0. The maximum atomic E-state index is 13.9. The third-order valence-electron chi connectivity index (χ3n) is 5.65. The van der Waals surface area contributed by atoms with Gasteiger partial charge in [0.15, 0.2) is 23.3 Å². The molecule has 0 saturated carbocycles. The first-order valence-electron chi connectivity index (χ1n) is 10.4. The smallest absolute Gasteiger partial charge is 0.253 e. The average Bonchev–Trinajstić information content (AvgIpc) is 2.82. The summed E-state index contributed by atoms with van der Waals surface area (Å²) in [5, 5.41) is 2.90. The molecule has 1 fully saturated rings. The average molecular weight is 461 g/mol. The van der Waals surface area contributed by atoms with Crippen molar-refractivity contribution in [2.45, 2.75) is 25.4 Å². The van der Waals surface area contributed by atoms with Gasteiger partial charge in [-0.1, -0.05) is 12.1 Å². The summed E-state index contributed by atoms with van der Waals surface area (Å²) in [5.41, 5.74) is 0.837. The van der Waals surface area contributed by atoms with Crippen molar-refractivity contribution in [1.82, 2.24) is 15.2 Å². The van der Waals surface area contributed by atoms with Gasteiger partial charge in [0.25, 0.3) is 5.91 Å². The molecule has 0 atom stereocenters. The number of likely N-dealkylation sites (tertiary alicyclic amines) is 1. The number of piperidine rings is 1. The number of hydrogen-bond donors (Lipinski definition) is 1. The standard InChI is InChI=1S/C24H20F5N3O/c25-16-3-1-2-14(10-16)21-5-4-15(12-30-21)24(33)31-17-6-8-32(9-7-17)13-18-22(28)19(26)11-20(27)23(18)29/h1-5,10-12,17H,6-9,13H2,(H,31,33). The van der Waals surface area contributed by atoms with Crippen molar-refractivity contribution in [3.63, 3.8) is 0 Å². The van der Waals surface area contributed by atoms with Crippen LogP contribution in [0.3, 0.4) is 0 Å².